The third-order valence-corrected chi connectivity index (χ3v) is 4.64. The van der Waals surface area contributed by atoms with Gasteiger partial charge >= 0.3 is 6.09 Å². The number of benzene rings is 1. The van der Waals surface area contributed by atoms with E-state index in [1.165, 1.54) is 0 Å². The third kappa shape index (κ3) is 3.08. The molecular formula is C17H22N2O3. The lowest BCUT2D eigenvalue weighted by Crippen LogP contribution is -2.55. The van der Waals surface area contributed by atoms with Gasteiger partial charge in [0.05, 0.1) is 5.41 Å². The van der Waals surface area contributed by atoms with Crippen molar-refractivity contribution in [1.82, 2.24) is 10.2 Å². The molecule has 1 aromatic rings. The first-order valence-corrected chi connectivity index (χ1v) is 7.94. The van der Waals surface area contributed by atoms with Gasteiger partial charge in [-0.2, -0.15) is 0 Å². The molecule has 0 aliphatic carbocycles. The summed E-state index contributed by atoms with van der Waals surface area (Å²) in [6.07, 6.45) is 3.25. The maximum atomic E-state index is 12.3. The normalized spacial score (nSPS) is 24.9. The van der Waals surface area contributed by atoms with Crippen LogP contribution in [0.4, 0.5) is 4.79 Å². The van der Waals surface area contributed by atoms with Crippen molar-refractivity contribution in [2.24, 2.45) is 5.41 Å². The summed E-state index contributed by atoms with van der Waals surface area (Å²) in [5.41, 5.74) is 0.570. The first kappa shape index (κ1) is 14.9. The lowest BCUT2D eigenvalue weighted by atomic mass is 9.74. The van der Waals surface area contributed by atoms with Gasteiger partial charge in [0.1, 0.15) is 6.61 Å². The van der Waals surface area contributed by atoms with Crippen molar-refractivity contribution in [3.63, 3.8) is 0 Å². The Morgan fingerprint density at radius 2 is 2.00 bits per heavy atom. The highest BCUT2D eigenvalue weighted by Gasteiger charge is 2.44. The van der Waals surface area contributed by atoms with Crippen LogP contribution < -0.4 is 5.32 Å². The van der Waals surface area contributed by atoms with E-state index in [2.05, 4.69) is 5.32 Å². The van der Waals surface area contributed by atoms with Crippen LogP contribution in [0.5, 0.6) is 0 Å². The molecule has 2 aliphatic rings. The van der Waals surface area contributed by atoms with E-state index >= 15 is 0 Å². The van der Waals surface area contributed by atoms with Gasteiger partial charge < -0.3 is 15.0 Å². The summed E-state index contributed by atoms with van der Waals surface area (Å²) < 4.78 is 5.39. The van der Waals surface area contributed by atoms with Gasteiger partial charge in [-0.3, -0.25) is 4.79 Å². The Labute approximate surface area is 130 Å². The summed E-state index contributed by atoms with van der Waals surface area (Å²) in [6.45, 7) is 2.17. The van der Waals surface area contributed by atoms with E-state index < -0.39 is 5.41 Å². The molecule has 3 rings (SSSR count). The Morgan fingerprint density at radius 1 is 1.23 bits per heavy atom. The average Bonchev–Trinajstić information content (AvgIpc) is 2.57. The number of hydrogen-bond donors (Lipinski definition) is 1. The first-order chi connectivity index (χ1) is 10.7. The van der Waals surface area contributed by atoms with Crippen LogP contribution in [0.1, 0.15) is 31.2 Å². The number of rotatable bonds is 2. The molecule has 22 heavy (non-hydrogen) atoms. The van der Waals surface area contributed by atoms with Gasteiger partial charge in [0.15, 0.2) is 0 Å². The van der Waals surface area contributed by atoms with Gasteiger partial charge in [0.2, 0.25) is 5.91 Å². The fourth-order valence-electron chi connectivity index (χ4n) is 3.42. The van der Waals surface area contributed by atoms with Crippen LogP contribution in [0, 0.1) is 5.41 Å². The Balaban J connectivity index is 1.59. The number of piperidine rings is 2. The molecule has 0 radical (unpaired) electrons. The van der Waals surface area contributed by atoms with E-state index in [9.17, 15) is 9.59 Å². The lowest BCUT2D eigenvalue weighted by Gasteiger charge is -2.43. The van der Waals surface area contributed by atoms with Crippen molar-refractivity contribution in [1.29, 1.82) is 0 Å². The molecule has 2 aliphatic heterocycles. The van der Waals surface area contributed by atoms with E-state index in [-0.39, 0.29) is 18.6 Å². The number of ether oxygens (including phenoxy) is 1. The van der Waals surface area contributed by atoms with Gasteiger partial charge in [-0.15, -0.1) is 0 Å². The van der Waals surface area contributed by atoms with Crippen molar-refractivity contribution in [3.8, 4) is 0 Å². The highest BCUT2D eigenvalue weighted by atomic mass is 16.6. The van der Waals surface area contributed by atoms with Crippen LogP contribution in [0.15, 0.2) is 30.3 Å². The molecule has 5 nitrogen and oxygen atoms in total. The maximum Gasteiger partial charge on any atom is 0.410 e. The standard InChI is InChI=1S/C17H22N2O3/c20-15-17(8-4-10-18-15)9-5-11-19(13-17)16(21)22-12-14-6-2-1-3-7-14/h1-3,6-7H,4-5,8-13H2,(H,18,20)/t17-/m1/s1. The lowest BCUT2D eigenvalue weighted by molar-refractivity contribution is -0.136. The predicted octanol–water partition coefficient (Wildman–Crippen LogP) is 2.32. The highest BCUT2D eigenvalue weighted by Crippen LogP contribution is 2.37. The van der Waals surface area contributed by atoms with Gasteiger partial charge in [-0.1, -0.05) is 30.3 Å². The molecule has 0 unspecified atom stereocenters. The van der Waals surface area contributed by atoms with Crippen molar-refractivity contribution in [2.75, 3.05) is 19.6 Å². The summed E-state index contributed by atoms with van der Waals surface area (Å²) in [5.74, 6) is 0.0966. The van der Waals surface area contributed by atoms with Gasteiger partial charge in [0.25, 0.3) is 0 Å². The molecule has 1 spiro atoms. The SMILES string of the molecule is O=C(OCc1ccccc1)N1CCC[C@]2(CCCNC2=O)C1. The molecule has 0 saturated carbocycles. The van der Waals surface area contributed by atoms with Crippen molar-refractivity contribution < 1.29 is 14.3 Å². The summed E-state index contributed by atoms with van der Waals surface area (Å²) in [4.78, 5) is 26.2. The zero-order valence-corrected chi connectivity index (χ0v) is 12.7. The first-order valence-electron chi connectivity index (χ1n) is 7.94. The Morgan fingerprint density at radius 3 is 2.77 bits per heavy atom. The van der Waals surface area contributed by atoms with Crippen LogP contribution >= 0.6 is 0 Å². The number of carbonyl (C=O) groups excluding carboxylic acids is 2. The van der Waals surface area contributed by atoms with Crippen LogP contribution in [-0.2, 0) is 16.1 Å². The number of likely N-dealkylation sites (tertiary alicyclic amines) is 1. The van der Waals surface area contributed by atoms with Crippen LogP contribution in [0.2, 0.25) is 0 Å². The van der Waals surface area contributed by atoms with Crippen molar-refractivity contribution in [2.45, 2.75) is 32.3 Å². The quantitative estimate of drug-likeness (QED) is 0.912. The molecule has 2 amide bonds. The fraction of sp³-hybridized carbons (Fsp3) is 0.529. The molecule has 1 atom stereocenters. The Hall–Kier alpha value is -2.04. The zero-order valence-electron chi connectivity index (χ0n) is 12.7. The van der Waals surface area contributed by atoms with E-state index in [0.29, 0.717) is 13.1 Å². The number of hydrogen-bond acceptors (Lipinski definition) is 3. The van der Waals surface area contributed by atoms with E-state index in [4.69, 9.17) is 4.74 Å². The average molecular weight is 302 g/mol. The highest BCUT2D eigenvalue weighted by molar-refractivity contribution is 5.84. The third-order valence-electron chi connectivity index (χ3n) is 4.64. The maximum absolute atomic E-state index is 12.3. The minimum absolute atomic E-state index is 0.0966. The second kappa shape index (κ2) is 6.38. The van der Waals surface area contributed by atoms with Gasteiger partial charge in [-0.25, -0.2) is 4.79 Å². The Kier molecular flexibility index (Phi) is 4.32. The largest absolute Gasteiger partial charge is 0.445 e. The molecule has 0 bridgehead atoms. The van der Waals surface area contributed by atoms with Gasteiger partial charge in [-0.05, 0) is 31.2 Å². The second-order valence-electron chi connectivity index (χ2n) is 6.21. The monoisotopic (exact) mass is 302 g/mol. The molecule has 1 aromatic carbocycles. The number of amides is 2. The molecule has 118 valence electrons. The van der Waals surface area contributed by atoms with Crippen molar-refractivity contribution in [3.05, 3.63) is 35.9 Å². The molecular weight excluding hydrogens is 280 g/mol. The topological polar surface area (TPSA) is 58.6 Å². The second-order valence-corrected chi connectivity index (χ2v) is 6.21. The molecule has 2 fully saturated rings. The van der Waals surface area contributed by atoms with Crippen LogP contribution in [-0.4, -0.2) is 36.5 Å². The minimum Gasteiger partial charge on any atom is -0.445 e. The fourth-order valence-corrected chi connectivity index (χ4v) is 3.42. The Bertz CT molecular complexity index is 542. The summed E-state index contributed by atoms with van der Waals surface area (Å²) in [7, 11) is 0. The molecule has 2 saturated heterocycles. The van der Waals surface area contributed by atoms with Crippen LogP contribution in [0.25, 0.3) is 0 Å². The molecule has 0 aromatic heterocycles. The van der Waals surface area contributed by atoms with E-state index in [1.54, 1.807) is 4.90 Å². The van der Waals surface area contributed by atoms with E-state index in [1.807, 2.05) is 30.3 Å². The number of carbonyl (C=O) groups is 2. The molecule has 2 heterocycles. The minimum atomic E-state index is -0.401. The summed E-state index contributed by atoms with van der Waals surface area (Å²) in [5, 5.41) is 2.94. The van der Waals surface area contributed by atoms with E-state index in [0.717, 1.165) is 37.8 Å². The van der Waals surface area contributed by atoms with Gasteiger partial charge in [0, 0.05) is 19.6 Å². The smallest absolute Gasteiger partial charge is 0.410 e. The number of nitrogens with one attached hydrogen (secondary N) is 1. The molecule has 5 heteroatoms. The molecule has 1 N–H and O–H groups in total. The van der Waals surface area contributed by atoms with Crippen LogP contribution in [0.3, 0.4) is 0 Å². The number of nitrogens with zero attached hydrogens (tertiary/aromatic N) is 1. The predicted molar refractivity (Wildman–Crippen MR) is 82.1 cm³/mol. The summed E-state index contributed by atoms with van der Waals surface area (Å²) >= 11 is 0. The van der Waals surface area contributed by atoms with Crippen molar-refractivity contribution >= 4 is 12.0 Å². The zero-order chi connectivity index (χ0) is 15.4. The summed E-state index contributed by atoms with van der Waals surface area (Å²) in [6, 6.07) is 9.64.